The van der Waals surface area contributed by atoms with Gasteiger partial charge in [-0.3, -0.25) is 14.5 Å². The molecular weight excluding hydrogens is 580 g/mol. The van der Waals surface area contributed by atoms with Crippen molar-refractivity contribution >= 4 is 23.5 Å². The number of benzene rings is 2. The molecule has 1 saturated carbocycles. The molecule has 12 heteroatoms. The summed E-state index contributed by atoms with van der Waals surface area (Å²) in [4.78, 5) is 31.3. The number of carboxylic acids is 1. The molecule has 3 aromatic heterocycles. The number of nitrogens with one attached hydrogen (secondary N) is 1. The number of likely N-dealkylation sites (tertiary alicyclic amines) is 1. The quantitative estimate of drug-likeness (QED) is 0.233. The fourth-order valence-corrected chi connectivity index (χ4v) is 6.27. The molecule has 1 aliphatic carbocycles. The number of rotatable bonds is 9. The van der Waals surface area contributed by atoms with Gasteiger partial charge in [-0.1, -0.05) is 35.0 Å². The molecule has 44 heavy (non-hydrogen) atoms. The van der Waals surface area contributed by atoms with Crippen LogP contribution in [0.15, 0.2) is 79.5 Å². The predicted octanol–water partition coefficient (Wildman–Crippen LogP) is 4.60. The van der Waals surface area contributed by atoms with Crippen molar-refractivity contribution in [1.82, 2.24) is 35.2 Å². The Morgan fingerprint density at radius 3 is 2.52 bits per heavy atom. The Hall–Kier alpha value is -4.90. The second-order valence-corrected chi connectivity index (χ2v) is 11.8. The van der Waals surface area contributed by atoms with E-state index >= 15 is 0 Å². The SMILES string of the molecule is O=C(O)c1ccc(-c2cnn(C(C[C@@H]3C[C@@H]3C(=O)N3CCCC3)c3ccc(-c4cc(Cl)ccc4-[n+]4cnn[nH]4)cn3)c2)cc1. The maximum Gasteiger partial charge on any atom is 0.335 e. The number of carbonyl (C=O) groups excluding carboxylic acids is 1. The molecule has 4 heterocycles. The topological polar surface area (TPSA) is 134 Å². The third-order valence-corrected chi connectivity index (χ3v) is 8.84. The molecule has 0 bridgehead atoms. The van der Waals surface area contributed by atoms with E-state index in [0.29, 0.717) is 5.02 Å². The summed E-state index contributed by atoms with van der Waals surface area (Å²) in [6, 6.07) is 16.2. The highest BCUT2D eigenvalue weighted by Crippen LogP contribution is 2.47. The zero-order chi connectivity index (χ0) is 30.2. The molecule has 0 spiro atoms. The van der Waals surface area contributed by atoms with E-state index in [-0.39, 0.29) is 29.3 Å². The Bertz CT molecular complexity index is 1800. The maximum absolute atomic E-state index is 13.1. The van der Waals surface area contributed by atoms with E-state index in [0.717, 1.165) is 72.4 Å². The standard InChI is InChI=1S/C32H29ClN8O3/c33-25-8-10-29(41-19-35-37-38-41)26(15-25)22-7-9-28(34-16-22)30(14-23-13-27(23)31(42)39-11-1-2-12-39)40-18-24(17-36-40)20-3-5-21(6-4-20)32(43)44/h3-10,15-19,23,27,30H,1-2,11-14H2,(H,43,44)/p+1/t23-,27-,30?/m0/s1. The summed E-state index contributed by atoms with van der Waals surface area (Å²) in [5.74, 6) is -0.397. The van der Waals surface area contributed by atoms with Gasteiger partial charge < -0.3 is 10.0 Å². The third kappa shape index (κ3) is 5.58. The lowest BCUT2D eigenvalue weighted by Crippen LogP contribution is -2.32. The molecule has 1 unspecified atom stereocenters. The van der Waals surface area contributed by atoms with Crippen LogP contribution in [0.5, 0.6) is 0 Å². The number of aromatic carboxylic acids is 1. The normalized spacial score (nSPS) is 18.3. The number of aromatic amines is 1. The molecule has 2 N–H and O–H groups in total. The second kappa shape index (κ2) is 11.6. The van der Waals surface area contributed by atoms with Crippen LogP contribution in [0, 0.1) is 11.8 Å². The number of nitrogens with zero attached hydrogens (tertiary/aromatic N) is 7. The molecule has 0 radical (unpaired) electrons. The van der Waals surface area contributed by atoms with Gasteiger partial charge in [-0.25, -0.2) is 4.79 Å². The van der Waals surface area contributed by atoms with E-state index in [4.69, 9.17) is 21.7 Å². The van der Waals surface area contributed by atoms with Crippen LogP contribution >= 0.6 is 11.6 Å². The van der Waals surface area contributed by atoms with E-state index in [1.165, 1.54) is 0 Å². The first-order chi connectivity index (χ1) is 21.4. The number of hydrogen-bond acceptors (Lipinski definition) is 6. The first kappa shape index (κ1) is 27.9. The van der Waals surface area contributed by atoms with Crippen LogP contribution < -0.4 is 4.68 Å². The average Bonchev–Trinajstić information content (AvgIpc) is 3.53. The highest BCUT2D eigenvalue weighted by molar-refractivity contribution is 6.31. The van der Waals surface area contributed by atoms with Crippen LogP contribution in [0.1, 0.15) is 47.8 Å². The monoisotopic (exact) mass is 609 g/mol. The van der Waals surface area contributed by atoms with Gasteiger partial charge in [0.05, 0.1) is 23.5 Å². The van der Waals surface area contributed by atoms with Crippen LogP contribution in [-0.4, -0.2) is 65.3 Å². The number of tetrazole rings is 1. The number of halogens is 1. The molecule has 7 rings (SSSR count). The van der Waals surface area contributed by atoms with Gasteiger partial charge in [0.1, 0.15) is 10.8 Å². The lowest BCUT2D eigenvalue weighted by molar-refractivity contribution is -0.659. The van der Waals surface area contributed by atoms with Crippen LogP contribution in [0.4, 0.5) is 0 Å². The van der Waals surface area contributed by atoms with Crippen molar-refractivity contribution in [1.29, 1.82) is 0 Å². The zero-order valence-electron chi connectivity index (χ0n) is 23.8. The fourth-order valence-electron chi connectivity index (χ4n) is 6.10. The number of carbonyl (C=O) groups is 2. The Morgan fingerprint density at radius 2 is 1.82 bits per heavy atom. The minimum Gasteiger partial charge on any atom is -0.478 e. The summed E-state index contributed by atoms with van der Waals surface area (Å²) in [7, 11) is 0. The van der Waals surface area contributed by atoms with Crippen molar-refractivity contribution in [3.05, 3.63) is 95.8 Å². The Balaban J connectivity index is 1.19. The lowest BCUT2D eigenvalue weighted by atomic mass is 10.0. The van der Waals surface area contributed by atoms with Gasteiger partial charge in [-0.2, -0.15) is 5.10 Å². The Labute approximate surface area is 258 Å². The summed E-state index contributed by atoms with van der Waals surface area (Å²) in [5, 5.41) is 25.1. The third-order valence-electron chi connectivity index (χ3n) is 8.60. The summed E-state index contributed by atoms with van der Waals surface area (Å²) < 4.78 is 3.62. The van der Waals surface area contributed by atoms with Crippen LogP contribution in [0.3, 0.4) is 0 Å². The molecular formula is C32H30ClN8O3+. The summed E-state index contributed by atoms with van der Waals surface area (Å²) in [6.07, 6.45) is 10.9. The Kier molecular flexibility index (Phi) is 7.39. The van der Waals surface area contributed by atoms with Gasteiger partial charge in [0.2, 0.25) is 5.91 Å². The number of carboxylic acid groups (broad SMARTS) is 1. The fraction of sp³-hybridized carbons (Fsp3) is 0.281. The van der Waals surface area contributed by atoms with Crippen molar-refractivity contribution < 1.29 is 19.4 Å². The predicted molar refractivity (Wildman–Crippen MR) is 161 cm³/mol. The molecule has 222 valence electrons. The van der Waals surface area contributed by atoms with Crippen molar-refractivity contribution in [2.24, 2.45) is 11.8 Å². The van der Waals surface area contributed by atoms with E-state index in [1.807, 2.05) is 52.3 Å². The van der Waals surface area contributed by atoms with Gasteiger partial charge in [0.15, 0.2) is 5.21 Å². The first-order valence-electron chi connectivity index (χ1n) is 14.7. The van der Waals surface area contributed by atoms with Crippen molar-refractivity contribution in [2.45, 2.75) is 31.7 Å². The van der Waals surface area contributed by atoms with E-state index < -0.39 is 5.97 Å². The highest BCUT2D eigenvalue weighted by atomic mass is 35.5. The minimum atomic E-state index is -0.964. The number of amides is 1. The largest absolute Gasteiger partial charge is 0.478 e. The van der Waals surface area contributed by atoms with Gasteiger partial charge in [0.25, 0.3) is 6.33 Å². The highest BCUT2D eigenvalue weighted by Gasteiger charge is 2.46. The van der Waals surface area contributed by atoms with Crippen LogP contribution in [-0.2, 0) is 4.79 Å². The average molecular weight is 610 g/mol. The molecule has 11 nitrogen and oxygen atoms in total. The van der Waals surface area contributed by atoms with Gasteiger partial charge in [-0.05, 0) is 73.6 Å². The van der Waals surface area contributed by atoms with Crippen LogP contribution in [0.2, 0.25) is 5.02 Å². The zero-order valence-corrected chi connectivity index (χ0v) is 24.5. The molecule has 3 atom stereocenters. The van der Waals surface area contributed by atoms with E-state index in [1.54, 1.807) is 41.5 Å². The minimum absolute atomic E-state index is 0.0440. The first-order valence-corrected chi connectivity index (χ1v) is 15.0. The smallest absolute Gasteiger partial charge is 0.335 e. The second-order valence-electron chi connectivity index (χ2n) is 11.4. The lowest BCUT2D eigenvalue weighted by Gasteiger charge is -2.19. The summed E-state index contributed by atoms with van der Waals surface area (Å²) in [5.41, 5.74) is 5.39. The van der Waals surface area contributed by atoms with E-state index in [9.17, 15) is 14.7 Å². The van der Waals surface area contributed by atoms with Crippen LogP contribution in [0.25, 0.3) is 27.9 Å². The molecule has 2 aliphatic rings. The molecule has 2 aromatic carbocycles. The number of aromatic nitrogens is 7. The van der Waals surface area contributed by atoms with Crippen molar-refractivity contribution in [3.63, 3.8) is 0 Å². The maximum atomic E-state index is 13.1. The van der Waals surface area contributed by atoms with Gasteiger partial charge >= 0.3 is 5.97 Å². The molecule has 5 aromatic rings. The summed E-state index contributed by atoms with van der Waals surface area (Å²) in [6.45, 7) is 1.71. The van der Waals surface area contributed by atoms with Gasteiger partial charge in [0, 0.05) is 53.1 Å². The summed E-state index contributed by atoms with van der Waals surface area (Å²) >= 11 is 6.37. The molecule has 1 saturated heterocycles. The number of H-pyrrole nitrogens is 1. The molecule has 1 aliphatic heterocycles. The molecule has 2 fully saturated rings. The van der Waals surface area contributed by atoms with Crippen molar-refractivity contribution in [3.8, 4) is 27.9 Å². The molecule has 1 amide bonds. The van der Waals surface area contributed by atoms with E-state index in [2.05, 4.69) is 15.5 Å². The van der Waals surface area contributed by atoms with Crippen molar-refractivity contribution in [2.75, 3.05) is 13.1 Å². The number of pyridine rings is 1. The number of hydrogen-bond donors (Lipinski definition) is 2. The van der Waals surface area contributed by atoms with Gasteiger partial charge in [-0.15, -0.1) is 4.68 Å². The Morgan fingerprint density at radius 1 is 1.02 bits per heavy atom.